The third-order valence-corrected chi connectivity index (χ3v) is 6.29. The number of hydrogen-bond donors (Lipinski definition) is 0. The summed E-state index contributed by atoms with van der Waals surface area (Å²) in [5.41, 5.74) is 2.47. The summed E-state index contributed by atoms with van der Waals surface area (Å²) >= 11 is 5.14. The summed E-state index contributed by atoms with van der Waals surface area (Å²) in [5.74, 6) is 0.463. The number of rotatable bonds is 2. The van der Waals surface area contributed by atoms with Crippen LogP contribution < -0.4 is 5.56 Å². The molecule has 1 aromatic carbocycles. The lowest BCUT2D eigenvalue weighted by molar-refractivity contribution is 0.601. The molecule has 0 spiro atoms. The molecule has 1 atom stereocenters. The van der Waals surface area contributed by atoms with Crippen molar-refractivity contribution >= 4 is 37.5 Å². The van der Waals surface area contributed by atoms with Gasteiger partial charge in [0.1, 0.15) is 4.83 Å². The van der Waals surface area contributed by atoms with Crippen LogP contribution in [0.3, 0.4) is 0 Å². The van der Waals surface area contributed by atoms with Gasteiger partial charge in [-0.1, -0.05) is 35.0 Å². The minimum Gasteiger partial charge on any atom is -0.294 e. The second kappa shape index (κ2) is 5.87. The predicted octanol–water partition coefficient (Wildman–Crippen LogP) is 4.71. The van der Waals surface area contributed by atoms with Gasteiger partial charge >= 0.3 is 0 Å². The fraction of sp³-hybridized carbons (Fsp3) is 0.333. The fourth-order valence-electron chi connectivity index (χ4n) is 3.41. The number of fused-ring (bicyclic) bond motifs is 3. The van der Waals surface area contributed by atoms with Crippen molar-refractivity contribution < 1.29 is 0 Å². The molecule has 0 radical (unpaired) electrons. The van der Waals surface area contributed by atoms with E-state index in [9.17, 15) is 4.79 Å². The first kappa shape index (κ1) is 15.1. The lowest BCUT2D eigenvalue weighted by Gasteiger charge is -2.18. The van der Waals surface area contributed by atoms with Crippen LogP contribution in [0.1, 0.15) is 41.7 Å². The summed E-state index contributed by atoms with van der Waals surface area (Å²) in [6, 6.07) is 8.07. The predicted molar refractivity (Wildman–Crippen MR) is 98.5 cm³/mol. The lowest BCUT2D eigenvalue weighted by atomic mass is 9.88. The molecule has 3 nitrogen and oxygen atoms in total. The van der Waals surface area contributed by atoms with Crippen LogP contribution in [0, 0.1) is 0 Å². The molecule has 1 aliphatic rings. The standard InChI is InChI=1S/C18H17BrN2OS/c1-11-3-2-4-14-15(11)16-17(23-14)20-10-21(18(16)22)9-12-5-7-13(19)8-6-12/h5-8,10-11H,2-4,9H2,1H3. The van der Waals surface area contributed by atoms with Crippen LogP contribution in [0.4, 0.5) is 0 Å². The first-order chi connectivity index (χ1) is 11.1. The summed E-state index contributed by atoms with van der Waals surface area (Å²) in [6.45, 7) is 2.80. The fourth-order valence-corrected chi connectivity index (χ4v) is 4.97. The van der Waals surface area contributed by atoms with Gasteiger partial charge in [-0.25, -0.2) is 4.98 Å². The van der Waals surface area contributed by atoms with Crippen molar-refractivity contribution in [3.05, 3.63) is 61.4 Å². The number of aromatic nitrogens is 2. The average molecular weight is 389 g/mol. The number of aryl methyl sites for hydroxylation is 1. The molecule has 5 heteroatoms. The molecule has 2 aromatic heterocycles. The van der Waals surface area contributed by atoms with E-state index in [0.29, 0.717) is 12.5 Å². The maximum Gasteiger partial charge on any atom is 0.262 e. The number of halogens is 1. The van der Waals surface area contributed by atoms with E-state index in [2.05, 4.69) is 27.8 Å². The van der Waals surface area contributed by atoms with Crippen LogP contribution in [0.5, 0.6) is 0 Å². The lowest BCUT2D eigenvalue weighted by Crippen LogP contribution is -2.22. The van der Waals surface area contributed by atoms with E-state index < -0.39 is 0 Å². The molecule has 0 aliphatic heterocycles. The van der Waals surface area contributed by atoms with Gasteiger partial charge < -0.3 is 0 Å². The van der Waals surface area contributed by atoms with Crippen LogP contribution in [-0.2, 0) is 13.0 Å². The van der Waals surface area contributed by atoms with Gasteiger partial charge in [-0.3, -0.25) is 9.36 Å². The molecule has 0 saturated heterocycles. The SMILES string of the molecule is CC1CCCc2sc3ncn(Cc4ccc(Br)cc4)c(=O)c3c21. The average Bonchev–Trinajstić information content (AvgIpc) is 2.93. The van der Waals surface area contributed by atoms with E-state index in [4.69, 9.17) is 0 Å². The maximum atomic E-state index is 13.0. The van der Waals surface area contributed by atoms with E-state index in [-0.39, 0.29) is 5.56 Å². The molecule has 0 N–H and O–H groups in total. The summed E-state index contributed by atoms with van der Waals surface area (Å²) in [7, 11) is 0. The van der Waals surface area contributed by atoms with Crippen molar-refractivity contribution in [2.45, 2.75) is 38.6 Å². The Balaban J connectivity index is 1.83. The molecule has 3 aromatic rings. The summed E-state index contributed by atoms with van der Waals surface area (Å²) in [6.07, 6.45) is 5.17. The van der Waals surface area contributed by atoms with Gasteiger partial charge in [0.05, 0.1) is 18.3 Å². The quantitative estimate of drug-likeness (QED) is 0.636. The molecule has 1 unspecified atom stereocenters. The molecule has 118 valence electrons. The number of thiophene rings is 1. The zero-order valence-corrected chi connectivity index (χ0v) is 15.3. The Bertz CT molecular complexity index is 927. The molecule has 4 rings (SSSR count). The van der Waals surface area contributed by atoms with Crippen LogP contribution in [-0.4, -0.2) is 9.55 Å². The molecule has 0 saturated carbocycles. The molecule has 23 heavy (non-hydrogen) atoms. The van der Waals surface area contributed by atoms with Gasteiger partial charge in [-0.05, 0) is 48.4 Å². The van der Waals surface area contributed by atoms with Gasteiger partial charge in [0, 0.05) is 9.35 Å². The van der Waals surface area contributed by atoms with Crippen LogP contribution in [0.15, 0.2) is 39.9 Å². The zero-order chi connectivity index (χ0) is 16.0. The number of benzene rings is 1. The Kier molecular flexibility index (Phi) is 3.85. The van der Waals surface area contributed by atoms with E-state index in [1.54, 1.807) is 22.2 Å². The Morgan fingerprint density at radius 3 is 2.91 bits per heavy atom. The highest BCUT2D eigenvalue weighted by Gasteiger charge is 2.24. The van der Waals surface area contributed by atoms with E-state index in [1.807, 2.05) is 24.3 Å². The Hall–Kier alpha value is -1.46. The number of nitrogens with zero attached hydrogens (tertiary/aromatic N) is 2. The van der Waals surface area contributed by atoms with Gasteiger partial charge in [0.25, 0.3) is 5.56 Å². The largest absolute Gasteiger partial charge is 0.294 e. The minimum atomic E-state index is 0.101. The monoisotopic (exact) mass is 388 g/mol. The third-order valence-electron chi connectivity index (χ3n) is 4.59. The smallest absolute Gasteiger partial charge is 0.262 e. The van der Waals surface area contributed by atoms with Crippen molar-refractivity contribution in [1.29, 1.82) is 0 Å². The van der Waals surface area contributed by atoms with Crippen molar-refractivity contribution in [2.24, 2.45) is 0 Å². The Labute approximate surface area is 147 Å². The van der Waals surface area contributed by atoms with E-state index >= 15 is 0 Å². The highest BCUT2D eigenvalue weighted by molar-refractivity contribution is 9.10. The van der Waals surface area contributed by atoms with Gasteiger partial charge in [0.2, 0.25) is 0 Å². The minimum absolute atomic E-state index is 0.101. The second-order valence-electron chi connectivity index (χ2n) is 6.22. The highest BCUT2D eigenvalue weighted by atomic mass is 79.9. The van der Waals surface area contributed by atoms with Crippen molar-refractivity contribution in [3.63, 3.8) is 0 Å². The second-order valence-corrected chi connectivity index (χ2v) is 8.22. The zero-order valence-electron chi connectivity index (χ0n) is 12.9. The van der Waals surface area contributed by atoms with E-state index in [0.717, 1.165) is 26.7 Å². The Morgan fingerprint density at radius 1 is 1.35 bits per heavy atom. The van der Waals surface area contributed by atoms with E-state index in [1.165, 1.54) is 23.3 Å². The third kappa shape index (κ3) is 2.66. The summed E-state index contributed by atoms with van der Waals surface area (Å²) in [4.78, 5) is 19.8. The molecule has 0 amide bonds. The van der Waals surface area contributed by atoms with Crippen LogP contribution >= 0.6 is 27.3 Å². The van der Waals surface area contributed by atoms with Crippen LogP contribution in [0.25, 0.3) is 10.2 Å². The first-order valence-electron chi connectivity index (χ1n) is 7.88. The number of hydrogen-bond acceptors (Lipinski definition) is 3. The molecule has 0 fully saturated rings. The van der Waals surface area contributed by atoms with Crippen molar-refractivity contribution in [1.82, 2.24) is 9.55 Å². The highest BCUT2D eigenvalue weighted by Crippen LogP contribution is 2.39. The van der Waals surface area contributed by atoms with Crippen molar-refractivity contribution in [2.75, 3.05) is 0 Å². The normalized spacial score (nSPS) is 17.4. The topological polar surface area (TPSA) is 34.9 Å². The van der Waals surface area contributed by atoms with Gasteiger partial charge in [-0.2, -0.15) is 0 Å². The van der Waals surface area contributed by atoms with Gasteiger partial charge in [0.15, 0.2) is 0 Å². The van der Waals surface area contributed by atoms with Gasteiger partial charge in [-0.15, -0.1) is 11.3 Å². The van der Waals surface area contributed by atoms with Crippen LogP contribution in [0.2, 0.25) is 0 Å². The maximum absolute atomic E-state index is 13.0. The molecule has 1 aliphatic carbocycles. The molecule has 0 bridgehead atoms. The Morgan fingerprint density at radius 2 is 2.13 bits per heavy atom. The summed E-state index contributed by atoms with van der Waals surface area (Å²) < 4.78 is 2.78. The molecule has 2 heterocycles. The van der Waals surface area contributed by atoms with Crippen molar-refractivity contribution in [3.8, 4) is 0 Å². The molecular weight excluding hydrogens is 372 g/mol. The molecular formula is C18H17BrN2OS. The summed E-state index contributed by atoms with van der Waals surface area (Å²) in [5, 5.41) is 0.858. The first-order valence-corrected chi connectivity index (χ1v) is 9.49.